The lowest BCUT2D eigenvalue weighted by molar-refractivity contribution is -0.706. The summed E-state index contributed by atoms with van der Waals surface area (Å²) in [5, 5.41) is 13.7. The Morgan fingerprint density at radius 2 is 1.81 bits per heavy atom. The minimum atomic E-state index is -0.332. The van der Waals surface area contributed by atoms with Crippen molar-refractivity contribution < 1.29 is 14.5 Å². The Morgan fingerprint density at radius 3 is 2.42 bits per heavy atom. The third-order valence-corrected chi connectivity index (χ3v) is 4.18. The smallest absolute Gasteiger partial charge is 0.282 e. The van der Waals surface area contributed by atoms with Crippen LogP contribution >= 0.6 is 0 Å². The van der Waals surface area contributed by atoms with Crippen LogP contribution in [0.5, 0.6) is 0 Å². The highest BCUT2D eigenvalue weighted by atomic mass is 16.3. The minimum absolute atomic E-state index is 0.104. The molecule has 0 radical (unpaired) electrons. The molecule has 1 amide bonds. The highest BCUT2D eigenvalue weighted by Crippen LogP contribution is 2.18. The standard InChI is InChI=1S/C21H19N3O2/c1-15(21(25)24-18-11-9-16(14-22)10-12-18)23-20(19-8-5-13-26-19)17-6-3-2-4-7-17/h2-13,15,20,23H,1H3,(H,24,25)/p+1/t15-,20+/m0/s1. The average molecular weight is 346 g/mol. The summed E-state index contributed by atoms with van der Waals surface area (Å²) in [5.41, 5.74) is 2.30. The lowest BCUT2D eigenvalue weighted by atomic mass is 10.0. The molecule has 130 valence electrons. The van der Waals surface area contributed by atoms with Crippen LogP contribution in [0.15, 0.2) is 77.4 Å². The summed E-state index contributed by atoms with van der Waals surface area (Å²) in [5.74, 6) is 0.691. The summed E-state index contributed by atoms with van der Waals surface area (Å²) in [4.78, 5) is 12.6. The molecule has 5 nitrogen and oxygen atoms in total. The number of nitriles is 1. The second-order valence-electron chi connectivity index (χ2n) is 6.06. The van der Waals surface area contributed by atoms with Crippen LogP contribution in [0.4, 0.5) is 5.69 Å². The van der Waals surface area contributed by atoms with Crippen LogP contribution in [0.2, 0.25) is 0 Å². The second kappa shape index (κ2) is 8.15. The largest absolute Gasteiger partial charge is 0.463 e. The number of amides is 1. The Hall–Kier alpha value is -3.36. The molecule has 0 bridgehead atoms. The van der Waals surface area contributed by atoms with Crippen LogP contribution in [0, 0.1) is 11.3 Å². The molecule has 2 aromatic carbocycles. The molecule has 3 N–H and O–H groups in total. The zero-order valence-corrected chi connectivity index (χ0v) is 14.4. The van der Waals surface area contributed by atoms with Gasteiger partial charge in [0, 0.05) is 11.3 Å². The van der Waals surface area contributed by atoms with Crippen LogP contribution in [0.25, 0.3) is 0 Å². The molecule has 0 saturated heterocycles. The van der Waals surface area contributed by atoms with Crippen molar-refractivity contribution in [2.75, 3.05) is 5.32 Å². The van der Waals surface area contributed by atoms with Crippen molar-refractivity contribution in [3.63, 3.8) is 0 Å². The molecule has 3 aromatic rings. The van der Waals surface area contributed by atoms with E-state index in [0.717, 1.165) is 11.3 Å². The van der Waals surface area contributed by atoms with Crippen molar-refractivity contribution in [2.45, 2.75) is 19.0 Å². The third-order valence-electron chi connectivity index (χ3n) is 4.18. The summed E-state index contributed by atoms with van der Waals surface area (Å²) >= 11 is 0. The number of nitrogens with zero attached hydrogens (tertiary/aromatic N) is 1. The lowest BCUT2D eigenvalue weighted by Gasteiger charge is -2.18. The van der Waals surface area contributed by atoms with E-state index in [1.807, 2.05) is 54.7 Å². The van der Waals surface area contributed by atoms with E-state index in [-0.39, 0.29) is 18.0 Å². The average Bonchev–Trinajstić information content (AvgIpc) is 3.21. The van der Waals surface area contributed by atoms with Crippen molar-refractivity contribution in [3.05, 3.63) is 89.9 Å². The molecular formula is C21H20N3O2+. The van der Waals surface area contributed by atoms with E-state index < -0.39 is 0 Å². The zero-order chi connectivity index (χ0) is 18.4. The molecule has 1 aromatic heterocycles. The Labute approximate surface area is 152 Å². The molecule has 0 saturated carbocycles. The number of anilines is 1. The van der Waals surface area contributed by atoms with Crippen LogP contribution in [-0.4, -0.2) is 11.9 Å². The summed E-state index contributed by atoms with van der Waals surface area (Å²) in [6.07, 6.45) is 1.64. The van der Waals surface area contributed by atoms with Gasteiger partial charge in [-0.1, -0.05) is 30.3 Å². The van der Waals surface area contributed by atoms with Gasteiger partial charge in [0.25, 0.3) is 5.91 Å². The van der Waals surface area contributed by atoms with Crippen molar-refractivity contribution >= 4 is 11.6 Å². The fourth-order valence-electron chi connectivity index (χ4n) is 2.76. The zero-order valence-electron chi connectivity index (χ0n) is 14.4. The van der Waals surface area contributed by atoms with Crippen LogP contribution < -0.4 is 10.6 Å². The van der Waals surface area contributed by atoms with E-state index in [4.69, 9.17) is 9.68 Å². The monoisotopic (exact) mass is 346 g/mol. The fourth-order valence-corrected chi connectivity index (χ4v) is 2.76. The van der Waals surface area contributed by atoms with Crippen molar-refractivity contribution in [1.82, 2.24) is 0 Å². The fraction of sp³-hybridized carbons (Fsp3) is 0.143. The van der Waals surface area contributed by atoms with E-state index in [1.165, 1.54) is 0 Å². The number of carbonyl (C=O) groups is 1. The van der Waals surface area contributed by atoms with Crippen LogP contribution in [0.1, 0.15) is 29.9 Å². The van der Waals surface area contributed by atoms with Gasteiger partial charge in [0.05, 0.1) is 17.9 Å². The molecule has 0 aliphatic heterocycles. The van der Waals surface area contributed by atoms with Gasteiger partial charge >= 0.3 is 0 Å². The summed E-state index contributed by atoms with van der Waals surface area (Å²) in [6.45, 7) is 1.86. The van der Waals surface area contributed by atoms with Gasteiger partial charge in [-0.05, 0) is 43.3 Å². The topological polar surface area (TPSA) is 82.6 Å². The molecule has 2 atom stereocenters. The van der Waals surface area contributed by atoms with Crippen molar-refractivity contribution in [2.24, 2.45) is 0 Å². The third kappa shape index (κ3) is 4.18. The maximum atomic E-state index is 12.6. The number of hydrogen-bond acceptors (Lipinski definition) is 3. The van der Waals surface area contributed by atoms with E-state index in [9.17, 15) is 4.79 Å². The van der Waals surface area contributed by atoms with Gasteiger partial charge in [-0.3, -0.25) is 4.79 Å². The molecule has 5 heteroatoms. The van der Waals surface area contributed by atoms with Gasteiger partial charge in [0.2, 0.25) is 0 Å². The minimum Gasteiger partial charge on any atom is -0.463 e. The lowest BCUT2D eigenvalue weighted by Crippen LogP contribution is -2.92. The quantitative estimate of drug-likeness (QED) is 0.720. The predicted octanol–water partition coefficient (Wildman–Crippen LogP) is 2.83. The molecule has 0 fully saturated rings. The maximum Gasteiger partial charge on any atom is 0.282 e. The molecule has 0 unspecified atom stereocenters. The van der Waals surface area contributed by atoms with E-state index >= 15 is 0 Å². The number of nitrogens with two attached hydrogens (primary N) is 1. The Morgan fingerprint density at radius 1 is 1.08 bits per heavy atom. The highest BCUT2D eigenvalue weighted by molar-refractivity contribution is 5.93. The van der Waals surface area contributed by atoms with Gasteiger partial charge in [-0.25, -0.2) is 0 Å². The number of nitrogens with one attached hydrogen (secondary N) is 1. The predicted molar refractivity (Wildman–Crippen MR) is 98.2 cm³/mol. The van der Waals surface area contributed by atoms with Crippen LogP contribution in [0.3, 0.4) is 0 Å². The summed E-state index contributed by atoms with van der Waals surface area (Å²) in [6, 6.07) is 22.2. The molecule has 0 aliphatic rings. The summed E-state index contributed by atoms with van der Waals surface area (Å²) < 4.78 is 5.58. The maximum absolute atomic E-state index is 12.6. The first-order valence-corrected chi connectivity index (χ1v) is 8.41. The first kappa shape index (κ1) is 17.5. The Bertz CT molecular complexity index is 881. The van der Waals surface area contributed by atoms with E-state index in [1.54, 1.807) is 30.5 Å². The first-order valence-electron chi connectivity index (χ1n) is 8.41. The number of furan rings is 1. The molecule has 0 aliphatic carbocycles. The molecule has 3 rings (SSSR count). The Balaban J connectivity index is 1.72. The summed E-state index contributed by atoms with van der Waals surface area (Å²) in [7, 11) is 0. The molecule has 0 spiro atoms. The highest BCUT2D eigenvalue weighted by Gasteiger charge is 2.26. The van der Waals surface area contributed by atoms with Gasteiger partial charge < -0.3 is 15.1 Å². The SMILES string of the molecule is C[C@H]([NH2+][C@H](c1ccccc1)c1ccco1)C(=O)Nc1ccc(C#N)cc1. The van der Waals surface area contributed by atoms with E-state index in [0.29, 0.717) is 11.3 Å². The number of benzene rings is 2. The Kier molecular flexibility index (Phi) is 5.47. The molecule has 1 heterocycles. The molecule has 26 heavy (non-hydrogen) atoms. The number of carbonyl (C=O) groups excluding carboxylic acids is 1. The van der Waals surface area contributed by atoms with Crippen molar-refractivity contribution in [3.8, 4) is 6.07 Å². The van der Waals surface area contributed by atoms with Gasteiger partial charge in [-0.15, -0.1) is 0 Å². The first-order chi connectivity index (χ1) is 12.7. The number of quaternary nitrogens is 1. The second-order valence-corrected chi connectivity index (χ2v) is 6.06. The van der Waals surface area contributed by atoms with Crippen LogP contribution in [-0.2, 0) is 4.79 Å². The molecular weight excluding hydrogens is 326 g/mol. The number of hydrogen-bond donors (Lipinski definition) is 2. The van der Waals surface area contributed by atoms with Gasteiger partial charge in [0.15, 0.2) is 17.8 Å². The number of rotatable bonds is 6. The normalized spacial score (nSPS) is 12.8. The van der Waals surface area contributed by atoms with Crippen molar-refractivity contribution in [1.29, 1.82) is 5.26 Å². The van der Waals surface area contributed by atoms with Gasteiger partial charge in [0.1, 0.15) is 0 Å². The van der Waals surface area contributed by atoms with Gasteiger partial charge in [-0.2, -0.15) is 5.26 Å². The van der Waals surface area contributed by atoms with E-state index in [2.05, 4.69) is 11.4 Å².